The molecule has 0 aliphatic rings. The zero-order chi connectivity index (χ0) is 13.9. The molecule has 0 bridgehead atoms. The van der Waals surface area contributed by atoms with E-state index in [9.17, 15) is 0 Å². The van der Waals surface area contributed by atoms with Gasteiger partial charge in [0.15, 0.2) is 0 Å². The smallest absolute Gasteiger partial charge is 0.219 e. The maximum atomic E-state index is 5.91. The van der Waals surface area contributed by atoms with Crippen LogP contribution in [0.15, 0.2) is 36.5 Å². The van der Waals surface area contributed by atoms with Crippen LogP contribution in [-0.4, -0.2) is 9.36 Å². The van der Waals surface area contributed by atoms with Gasteiger partial charge >= 0.3 is 0 Å². The number of alkyl halides is 1. The third-order valence-electron chi connectivity index (χ3n) is 3.11. The number of aromatic nitrogens is 2. The molecule has 0 N–H and O–H groups in total. The van der Waals surface area contributed by atoms with Gasteiger partial charge in [-0.1, -0.05) is 46.3 Å². The highest BCUT2D eigenvalue weighted by Crippen LogP contribution is 2.32. The summed E-state index contributed by atoms with van der Waals surface area (Å²) in [7, 11) is 0. The van der Waals surface area contributed by atoms with Crippen molar-refractivity contribution in [1.82, 2.24) is 9.36 Å². The molecule has 0 spiro atoms. The van der Waals surface area contributed by atoms with E-state index in [4.69, 9.17) is 4.74 Å². The molecule has 5 heteroatoms. The van der Waals surface area contributed by atoms with Gasteiger partial charge in [0.2, 0.25) is 5.88 Å². The van der Waals surface area contributed by atoms with Gasteiger partial charge in [0.05, 0.1) is 16.6 Å². The van der Waals surface area contributed by atoms with E-state index in [1.54, 1.807) is 0 Å². The molecule has 0 fully saturated rings. The molecule has 0 radical (unpaired) electrons. The molecule has 0 amide bonds. The van der Waals surface area contributed by atoms with E-state index >= 15 is 0 Å². The Morgan fingerprint density at radius 1 is 1.25 bits per heavy atom. The van der Waals surface area contributed by atoms with Gasteiger partial charge in [0.25, 0.3) is 0 Å². The quantitative estimate of drug-likeness (QED) is 0.652. The number of aryl methyl sites for hydroxylation is 1. The third-order valence-corrected chi connectivity index (χ3v) is 4.53. The Labute approximate surface area is 129 Å². The largest absolute Gasteiger partial charge is 0.473 e. The third kappa shape index (κ3) is 2.55. The predicted octanol–water partition coefficient (Wildman–Crippen LogP) is 4.47. The van der Waals surface area contributed by atoms with E-state index in [1.807, 2.05) is 43.5 Å². The van der Waals surface area contributed by atoms with Crippen LogP contribution < -0.4 is 4.74 Å². The summed E-state index contributed by atoms with van der Waals surface area (Å²) in [6.45, 7) is 2.52. The van der Waals surface area contributed by atoms with Crippen LogP contribution in [0.2, 0.25) is 0 Å². The van der Waals surface area contributed by atoms with Gasteiger partial charge in [-0.25, -0.2) is 4.98 Å². The zero-order valence-electron chi connectivity index (χ0n) is 11.0. The molecule has 3 nitrogen and oxygen atoms in total. The molecule has 0 aliphatic heterocycles. The minimum atomic E-state index is 0.525. The molecular weight excluding hydrogens is 336 g/mol. The molecule has 1 aromatic carbocycles. The summed E-state index contributed by atoms with van der Waals surface area (Å²) >= 11 is 5.01. The second kappa shape index (κ2) is 5.89. The van der Waals surface area contributed by atoms with Crippen molar-refractivity contribution in [2.24, 2.45) is 0 Å². The van der Waals surface area contributed by atoms with E-state index in [0.29, 0.717) is 17.8 Å². The summed E-state index contributed by atoms with van der Waals surface area (Å²) in [6, 6.07) is 10.1. The van der Waals surface area contributed by atoms with Crippen molar-refractivity contribution in [3.63, 3.8) is 0 Å². The fourth-order valence-corrected chi connectivity index (χ4v) is 3.59. The first-order chi connectivity index (χ1) is 9.79. The number of halogens is 1. The first-order valence-corrected chi connectivity index (χ1v) is 8.15. The number of hydrogen-bond acceptors (Lipinski definition) is 4. The number of benzene rings is 1. The first-order valence-electron chi connectivity index (χ1n) is 6.26. The van der Waals surface area contributed by atoms with Crippen molar-refractivity contribution >= 4 is 37.5 Å². The lowest BCUT2D eigenvalue weighted by molar-refractivity contribution is 0.291. The minimum Gasteiger partial charge on any atom is -0.473 e. The van der Waals surface area contributed by atoms with Crippen LogP contribution in [0.25, 0.3) is 10.1 Å². The van der Waals surface area contributed by atoms with Crippen LogP contribution in [0.1, 0.15) is 16.8 Å². The van der Waals surface area contributed by atoms with E-state index in [0.717, 1.165) is 26.9 Å². The zero-order valence-corrected chi connectivity index (χ0v) is 13.4. The highest BCUT2D eigenvalue weighted by Gasteiger charge is 2.14. The number of nitrogens with zero attached hydrogens (tertiary/aromatic N) is 2. The maximum absolute atomic E-state index is 5.91. The number of fused-ring (bicyclic) bond motifs is 1. The second-order valence-electron chi connectivity index (χ2n) is 4.46. The van der Waals surface area contributed by atoms with Crippen LogP contribution in [0.3, 0.4) is 0 Å². The molecule has 0 saturated carbocycles. The lowest BCUT2D eigenvalue weighted by Gasteiger charge is -2.11. The van der Waals surface area contributed by atoms with Crippen LogP contribution in [-0.2, 0) is 11.9 Å². The van der Waals surface area contributed by atoms with Crippen molar-refractivity contribution in [3.8, 4) is 5.88 Å². The average molecular weight is 349 g/mol. The number of hydrogen-bond donors (Lipinski definition) is 0. The molecule has 2 heterocycles. The molecular formula is C15H13BrN2OS. The first kappa shape index (κ1) is 13.5. The minimum absolute atomic E-state index is 0.525. The van der Waals surface area contributed by atoms with Gasteiger partial charge in [0, 0.05) is 16.3 Å². The van der Waals surface area contributed by atoms with Gasteiger partial charge in [-0.05, 0) is 24.0 Å². The highest BCUT2D eigenvalue weighted by atomic mass is 79.9. The standard InChI is InChI=1S/C15H13BrN2OS/c1-10-13-8-17-20-14(13)12(7-16)15(18-10)19-9-11-5-3-2-4-6-11/h2-6,8H,7,9H2,1H3. The monoisotopic (exact) mass is 348 g/mol. The number of pyridine rings is 1. The molecule has 3 aromatic rings. The van der Waals surface area contributed by atoms with Gasteiger partial charge < -0.3 is 4.74 Å². The molecule has 0 saturated heterocycles. The average Bonchev–Trinajstić information content (AvgIpc) is 2.96. The number of rotatable bonds is 4. The van der Waals surface area contributed by atoms with Gasteiger partial charge in [0.1, 0.15) is 6.61 Å². The van der Waals surface area contributed by atoms with Crippen molar-refractivity contribution in [2.45, 2.75) is 18.9 Å². The summed E-state index contributed by atoms with van der Waals surface area (Å²) in [5.74, 6) is 0.694. The Kier molecular flexibility index (Phi) is 3.98. The molecule has 20 heavy (non-hydrogen) atoms. The lowest BCUT2D eigenvalue weighted by Crippen LogP contribution is -2.01. The topological polar surface area (TPSA) is 35.0 Å². The molecule has 0 aliphatic carbocycles. The van der Waals surface area contributed by atoms with Crippen molar-refractivity contribution in [2.75, 3.05) is 0 Å². The fraction of sp³-hybridized carbons (Fsp3) is 0.200. The van der Waals surface area contributed by atoms with E-state index < -0.39 is 0 Å². The Morgan fingerprint density at radius 2 is 2.05 bits per heavy atom. The van der Waals surface area contributed by atoms with Crippen molar-refractivity contribution in [1.29, 1.82) is 0 Å². The SMILES string of the molecule is Cc1nc(OCc2ccccc2)c(CBr)c2sncc12. The molecule has 2 aromatic heterocycles. The van der Waals surface area contributed by atoms with E-state index in [-0.39, 0.29) is 0 Å². The van der Waals surface area contributed by atoms with Crippen LogP contribution in [0.4, 0.5) is 0 Å². The normalized spacial score (nSPS) is 10.9. The Balaban J connectivity index is 1.94. The summed E-state index contributed by atoms with van der Waals surface area (Å²) in [4.78, 5) is 4.57. The number of ether oxygens (including phenoxy) is 1. The van der Waals surface area contributed by atoms with Gasteiger partial charge in [-0.2, -0.15) is 4.37 Å². The second-order valence-corrected chi connectivity index (χ2v) is 5.82. The summed E-state index contributed by atoms with van der Waals surface area (Å²) in [6.07, 6.45) is 1.87. The Hall–Kier alpha value is -1.46. The summed E-state index contributed by atoms with van der Waals surface area (Å²) in [5, 5.41) is 1.82. The fourth-order valence-electron chi connectivity index (χ4n) is 2.06. The van der Waals surface area contributed by atoms with Crippen LogP contribution in [0, 0.1) is 6.92 Å². The Bertz CT molecular complexity index is 727. The lowest BCUT2D eigenvalue weighted by atomic mass is 10.2. The van der Waals surface area contributed by atoms with E-state index in [1.165, 1.54) is 11.5 Å². The molecule has 0 unspecified atom stereocenters. The maximum Gasteiger partial charge on any atom is 0.219 e. The summed E-state index contributed by atoms with van der Waals surface area (Å²) < 4.78 is 11.3. The van der Waals surface area contributed by atoms with Crippen molar-refractivity contribution in [3.05, 3.63) is 53.3 Å². The molecule has 3 rings (SSSR count). The predicted molar refractivity (Wildman–Crippen MR) is 85.6 cm³/mol. The highest BCUT2D eigenvalue weighted by molar-refractivity contribution is 9.08. The summed E-state index contributed by atoms with van der Waals surface area (Å²) in [5.41, 5.74) is 3.17. The van der Waals surface area contributed by atoms with E-state index in [2.05, 4.69) is 25.3 Å². The van der Waals surface area contributed by atoms with Crippen LogP contribution in [0.5, 0.6) is 5.88 Å². The molecule has 0 atom stereocenters. The Morgan fingerprint density at radius 3 is 2.80 bits per heavy atom. The molecule has 102 valence electrons. The van der Waals surface area contributed by atoms with Crippen molar-refractivity contribution < 1.29 is 4.74 Å². The van der Waals surface area contributed by atoms with Gasteiger partial charge in [-0.3, -0.25) is 0 Å². The van der Waals surface area contributed by atoms with Crippen LogP contribution >= 0.6 is 27.5 Å². The van der Waals surface area contributed by atoms with Gasteiger partial charge in [-0.15, -0.1) is 0 Å².